The first kappa shape index (κ1) is 14.6. The number of hydrogen-bond acceptors (Lipinski definition) is 2. The normalized spacial score (nSPS) is 13.6. The Kier molecular flexibility index (Phi) is 4.09. The maximum Gasteiger partial charge on any atom is 0.231 e. The molecule has 3 nitrogen and oxygen atoms in total. The molecule has 0 fully saturated rings. The van der Waals surface area contributed by atoms with E-state index >= 15 is 0 Å². The van der Waals surface area contributed by atoms with Crippen LogP contribution >= 0.6 is 0 Å². The molecule has 114 valence electrons. The quantitative estimate of drug-likeness (QED) is 0.870. The minimum atomic E-state index is -0.314. The van der Waals surface area contributed by atoms with Gasteiger partial charge in [0.2, 0.25) is 5.91 Å². The van der Waals surface area contributed by atoms with E-state index in [9.17, 15) is 9.18 Å². The number of aryl methyl sites for hydroxylation is 1. The molecule has 0 aromatic heterocycles. The van der Waals surface area contributed by atoms with Gasteiger partial charge >= 0.3 is 0 Å². The summed E-state index contributed by atoms with van der Waals surface area (Å²) in [5, 5.41) is 0. The maximum absolute atomic E-state index is 13.3. The molecule has 0 N–H and O–H groups in total. The fourth-order valence-electron chi connectivity index (χ4n) is 2.86. The van der Waals surface area contributed by atoms with Crippen LogP contribution in [0.1, 0.15) is 17.5 Å². The lowest BCUT2D eigenvalue weighted by Crippen LogP contribution is -2.36. The number of benzene rings is 2. The van der Waals surface area contributed by atoms with Crippen LogP contribution in [0, 0.1) is 5.82 Å². The predicted molar refractivity (Wildman–Crippen MR) is 83.8 cm³/mol. The molecule has 0 saturated carbocycles. The number of anilines is 1. The third-order valence-corrected chi connectivity index (χ3v) is 3.96. The lowest BCUT2D eigenvalue weighted by atomic mass is 10.0. The Morgan fingerprint density at radius 1 is 1.27 bits per heavy atom. The summed E-state index contributed by atoms with van der Waals surface area (Å²) < 4.78 is 18.5. The molecule has 2 aromatic carbocycles. The van der Waals surface area contributed by atoms with Crippen LogP contribution in [-0.2, 0) is 17.6 Å². The number of amides is 1. The Labute approximate surface area is 129 Å². The van der Waals surface area contributed by atoms with E-state index in [1.54, 1.807) is 24.1 Å². The molecule has 0 unspecified atom stereocenters. The summed E-state index contributed by atoms with van der Waals surface area (Å²) in [5.41, 5.74) is 2.76. The Bertz CT molecular complexity index is 699. The fourth-order valence-corrected chi connectivity index (χ4v) is 2.86. The average Bonchev–Trinajstić information content (AvgIpc) is 2.53. The van der Waals surface area contributed by atoms with Crippen molar-refractivity contribution in [2.75, 3.05) is 18.6 Å². The van der Waals surface area contributed by atoms with E-state index in [4.69, 9.17) is 4.74 Å². The number of rotatable bonds is 3. The molecule has 2 aromatic rings. The number of carbonyl (C=O) groups excluding carboxylic acids is 1. The molecule has 0 aliphatic carbocycles. The number of fused-ring (bicyclic) bond motifs is 1. The number of ether oxygens (including phenoxy) is 1. The van der Waals surface area contributed by atoms with Crippen LogP contribution in [0.15, 0.2) is 42.5 Å². The van der Waals surface area contributed by atoms with Gasteiger partial charge in [-0.25, -0.2) is 4.39 Å². The van der Waals surface area contributed by atoms with Crippen molar-refractivity contribution >= 4 is 11.6 Å². The lowest BCUT2D eigenvalue weighted by molar-refractivity contribution is -0.118. The number of methoxy groups -OCH3 is 1. The molecular weight excluding hydrogens is 281 g/mol. The van der Waals surface area contributed by atoms with E-state index in [-0.39, 0.29) is 18.1 Å². The Morgan fingerprint density at radius 2 is 2.14 bits per heavy atom. The summed E-state index contributed by atoms with van der Waals surface area (Å²) >= 11 is 0. The van der Waals surface area contributed by atoms with E-state index in [0.717, 1.165) is 29.8 Å². The monoisotopic (exact) mass is 299 g/mol. The van der Waals surface area contributed by atoms with Gasteiger partial charge in [-0.2, -0.15) is 0 Å². The Hall–Kier alpha value is -2.36. The fraction of sp³-hybridized carbons (Fsp3) is 0.278. The van der Waals surface area contributed by atoms with E-state index < -0.39 is 0 Å². The van der Waals surface area contributed by atoms with Crippen molar-refractivity contribution in [2.24, 2.45) is 0 Å². The molecule has 0 radical (unpaired) electrons. The van der Waals surface area contributed by atoms with Gasteiger partial charge in [0.25, 0.3) is 0 Å². The van der Waals surface area contributed by atoms with E-state index in [0.29, 0.717) is 12.1 Å². The van der Waals surface area contributed by atoms with Crippen LogP contribution in [0.4, 0.5) is 10.1 Å². The second-order valence-electron chi connectivity index (χ2n) is 5.45. The van der Waals surface area contributed by atoms with Crippen molar-refractivity contribution in [3.05, 3.63) is 59.4 Å². The highest BCUT2D eigenvalue weighted by Crippen LogP contribution is 2.31. The first-order valence-electron chi connectivity index (χ1n) is 7.39. The number of halogens is 1. The van der Waals surface area contributed by atoms with Gasteiger partial charge in [0.1, 0.15) is 11.6 Å². The van der Waals surface area contributed by atoms with E-state index in [1.165, 1.54) is 12.1 Å². The summed E-state index contributed by atoms with van der Waals surface area (Å²) in [6.07, 6.45) is 2.10. The third-order valence-electron chi connectivity index (χ3n) is 3.96. The Balaban J connectivity index is 1.85. The second-order valence-corrected chi connectivity index (χ2v) is 5.45. The van der Waals surface area contributed by atoms with Crippen LogP contribution in [0.25, 0.3) is 0 Å². The number of nitrogens with zero attached hydrogens (tertiary/aromatic N) is 1. The molecule has 3 rings (SSSR count). The highest BCUT2D eigenvalue weighted by molar-refractivity contribution is 5.96. The molecule has 1 aliphatic heterocycles. The van der Waals surface area contributed by atoms with E-state index in [2.05, 4.69) is 0 Å². The summed E-state index contributed by atoms with van der Waals surface area (Å²) in [6.45, 7) is 0.689. The first-order valence-corrected chi connectivity index (χ1v) is 7.39. The second kappa shape index (κ2) is 6.18. The van der Waals surface area contributed by atoms with Gasteiger partial charge in [-0.1, -0.05) is 18.2 Å². The summed E-state index contributed by atoms with van der Waals surface area (Å²) in [6, 6.07) is 12.0. The minimum absolute atomic E-state index is 0.0141. The van der Waals surface area contributed by atoms with Gasteiger partial charge in [-0.05, 0) is 42.2 Å². The molecule has 1 amide bonds. The molecule has 1 aliphatic rings. The highest BCUT2D eigenvalue weighted by Gasteiger charge is 2.23. The standard InChI is InChI=1S/C18H18FNO2/c1-22-16-8-7-14-5-3-9-20(17(14)12-16)18(21)11-13-4-2-6-15(19)10-13/h2,4,6-8,10,12H,3,5,9,11H2,1H3. The Morgan fingerprint density at radius 3 is 2.91 bits per heavy atom. The highest BCUT2D eigenvalue weighted by atomic mass is 19.1. The van der Waals surface area contributed by atoms with Crippen molar-refractivity contribution < 1.29 is 13.9 Å². The van der Waals surface area contributed by atoms with Crippen molar-refractivity contribution in [3.63, 3.8) is 0 Å². The average molecular weight is 299 g/mol. The summed E-state index contributed by atoms with van der Waals surface area (Å²) in [5.74, 6) is 0.412. The largest absolute Gasteiger partial charge is 0.497 e. The van der Waals surface area contributed by atoms with Gasteiger partial charge in [-0.15, -0.1) is 0 Å². The van der Waals surface area contributed by atoms with Crippen molar-refractivity contribution in [1.29, 1.82) is 0 Å². The van der Waals surface area contributed by atoms with Crippen molar-refractivity contribution in [2.45, 2.75) is 19.3 Å². The molecule has 0 spiro atoms. The molecule has 0 atom stereocenters. The van der Waals surface area contributed by atoms with Gasteiger partial charge < -0.3 is 9.64 Å². The van der Waals surface area contributed by atoms with Crippen LogP contribution < -0.4 is 9.64 Å². The molecule has 0 saturated heterocycles. The van der Waals surface area contributed by atoms with Gasteiger partial charge in [0.05, 0.1) is 19.2 Å². The van der Waals surface area contributed by atoms with Crippen LogP contribution in [-0.4, -0.2) is 19.6 Å². The van der Waals surface area contributed by atoms with Gasteiger partial charge in [0.15, 0.2) is 0 Å². The maximum atomic E-state index is 13.3. The van der Waals surface area contributed by atoms with Crippen LogP contribution in [0.2, 0.25) is 0 Å². The lowest BCUT2D eigenvalue weighted by Gasteiger charge is -2.30. The third kappa shape index (κ3) is 2.96. The zero-order valence-electron chi connectivity index (χ0n) is 12.5. The minimum Gasteiger partial charge on any atom is -0.497 e. The van der Waals surface area contributed by atoms with Gasteiger partial charge in [-0.3, -0.25) is 4.79 Å². The SMILES string of the molecule is COc1ccc2c(c1)N(C(=O)Cc1cccc(F)c1)CCC2. The number of hydrogen-bond donors (Lipinski definition) is 0. The topological polar surface area (TPSA) is 29.5 Å². The van der Waals surface area contributed by atoms with Crippen molar-refractivity contribution in [3.8, 4) is 5.75 Å². The molecule has 0 bridgehead atoms. The molecule has 4 heteroatoms. The zero-order valence-corrected chi connectivity index (χ0v) is 12.5. The smallest absolute Gasteiger partial charge is 0.231 e. The predicted octanol–water partition coefficient (Wildman–Crippen LogP) is 3.36. The van der Waals surface area contributed by atoms with Crippen LogP contribution in [0.5, 0.6) is 5.75 Å². The summed E-state index contributed by atoms with van der Waals surface area (Å²) in [7, 11) is 1.61. The van der Waals surface area contributed by atoms with E-state index in [1.807, 2.05) is 18.2 Å². The molecule has 1 heterocycles. The van der Waals surface area contributed by atoms with Crippen LogP contribution in [0.3, 0.4) is 0 Å². The summed E-state index contributed by atoms with van der Waals surface area (Å²) in [4.78, 5) is 14.4. The number of carbonyl (C=O) groups is 1. The zero-order chi connectivity index (χ0) is 15.5. The molecule has 22 heavy (non-hydrogen) atoms. The van der Waals surface area contributed by atoms with Crippen molar-refractivity contribution in [1.82, 2.24) is 0 Å². The first-order chi connectivity index (χ1) is 10.7. The molecular formula is C18H18FNO2. The van der Waals surface area contributed by atoms with Gasteiger partial charge in [0, 0.05) is 12.6 Å².